The van der Waals surface area contributed by atoms with E-state index in [1.807, 2.05) is 0 Å². The Kier molecular flexibility index (Phi) is 5.33. The molecule has 136 valence electrons. The lowest BCUT2D eigenvalue weighted by molar-refractivity contribution is -0.197. The molecule has 0 aromatic heterocycles. The van der Waals surface area contributed by atoms with Gasteiger partial charge in [-0.15, -0.1) is 5.06 Å². The van der Waals surface area contributed by atoms with Gasteiger partial charge in [-0.1, -0.05) is 0 Å². The molecule has 0 aromatic carbocycles. The Morgan fingerprint density at radius 1 is 1.12 bits per heavy atom. The van der Waals surface area contributed by atoms with E-state index in [4.69, 9.17) is 0 Å². The summed E-state index contributed by atoms with van der Waals surface area (Å²) in [5.41, 5.74) is 0. The number of hydrogen-bond donors (Lipinski definition) is 0. The summed E-state index contributed by atoms with van der Waals surface area (Å²) in [4.78, 5) is 62.9. The van der Waals surface area contributed by atoms with Gasteiger partial charge >= 0.3 is 5.97 Å². The molecule has 12 heteroatoms. The van der Waals surface area contributed by atoms with Gasteiger partial charge in [0.05, 0.1) is 6.26 Å². The molecule has 4 amide bonds. The minimum Gasteiger partial charge on any atom is -0.329 e. The second kappa shape index (κ2) is 7.11. The van der Waals surface area contributed by atoms with Crippen LogP contribution in [-0.4, -0.2) is 78.2 Å². The van der Waals surface area contributed by atoms with Crippen molar-refractivity contribution in [3.63, 3.8) is 0 Å². The zero-order valence-electron chi connectivity index (χ0n) is 13.2. The number of hydroxylamine groups is 2. The molecule has 0 bridgehead atoms. The maximum Gasteiger partial charge on any atom is 0.348 e. The predicted molar refractivity (Wildman–Crippen MR) is 79.5 cm³/mol. The predicted octanol–water partition coefficient (Wildman–Crippen LogP) is -2.22. The lowest BCUT2D eigenvalue weighted by atomic mass is 10.4. The van der Waals surface area contributed by atoms with E-state index in [-0.39, 0.29) is 25.9 Å². The smallest absolute Gasteiger partial charge is 0.329 e. The number of carbonyl (C=O) groups is 5. The Balaban J connectivity index is 1.97. The number of carbonyl (C=O) groups excluding carboxylic acids is 5. The highest BCUT2D eigenvalue weighted by Gasteiger charge is 2.34. The van der Waals surface area contributed by atoms with Crippen molar-refractivity contribution in [1.29, 1.82) is 0 Å². The summed E-state index contributed by atoms with van der Waals surface area (Å²) < 4.78 is 24.2. The monoisotopic (exact) mass is 373 g/mol. The molecule has 11 nitrogen and oxygen atoms in total. The zero-order valence-corrected chi connectivity index (χ0v) is 14.0. The summed E-state index contributed by atoms with van der Waals surface area (Å²) in [6, 6.07) is 0. The number of imide groups is 2. The number of hydrogen-bond acceptors (Lipinski definition) is 8. The second-order valence-corrected chi connectivity index (χ2v) is 7.29. The van der Waals surface area contributed by atoms with Gasteiger partial charge in [-0.05, 0) is 0 Å². The molecule has 2 aliphatic rings. The molecule has 0 spiro atoms. The zero-order chi connectivity index (χ0) is 18.8. The molecule has 0 N–H and O–H groups in total. The van der Waals surface area contributed by atoms with Crippen LogP contribution in [0.5, 0.6) is 0 Å². The molecule has 0 radical (unpaired) electrons. The number of amides is 4. The van der Waals surface area contributed by atoms with Crippen molar-refractivity contribution in [2.45, 2.75) is 12.8 Å². The van der Waals surface area contributed by atoms with E-state index in [9.17, 15) is 32.4 Å². The first-order valence-corrected chi connectivity index (χ1v) is 8.99. The lowest BCUT2D eigenvalue weighted by Gasteiger charge is -2.22. The van der Waals surface area contributed by atoms with Gasteiger partial charge in [0.15, 0.2) is 0 Å². The molecule has 1 saturated heterocycles. The van der Waals surface area contributed by atoms with Crippen LogP contribution in [0.1, 0.15) is 12.8 Å². The van der Waals surface area contributed by atoms with E-state index < -0.39 is 46.2 Å². The van der Waals surface area contributed by atoms with Crippen LogP contribution in [0, 0.1) is 0 Å². The van der Waals surface area contributed by atoms with Crippen molar-refractivity contribution in [3.8, 4) is 0 Å². The average Bonchev–Trinajstić information content (AvgIpc) is 2.99. The van der Waals surface area contributed by atoms with Crippen LogP contribution in [0.3, 0.4) is 0 Å². The van der Waals surface area contributed by atoms with Gasteiger partial charge in [-0.3, -0.25) is 24.1 Å². The fourth-order valence-corrected chi connectivity index (χ4v) is 2.91. The highest BCUT2D eigenvalue weighted by Crippen LogP contribution is 2.13. The van der Waals surface area contributed by atoms with Crippen LogP contribution < -0.4 is 0 Å². The molecule has 0 aliphatic carbocycles. The van der Waals surface area contributed by atoms with Gasteiger partial charge in [0.2, 0.25) is 10.0 Å². The summed E-state index contributed by atoms with van der Waals surface area (Å²) >= 11 is 0. The van der Waals surface area contributed by atoms with Crippen molar-refractivity contribution in [3.05, 3.63) is 12.2 Å². The molecule has 1 fully saturated rings. The molecule has 0 saturated carbocycles. The maximum atomic E-state index is 11.8. The van der Waals surface area contributed by atoms with E-state index in [1.54, 1.807) is 0 Å². The topological polar surface area (TPSA) is 138 Å². The number of sulfonamides is 1. The summed E-state index contributed by atoms with van der Waals surface area (Å²) in [6.07, 6.45) is 2.75. The van der Waals surface area contributed by atoms with Crippen LogP contribution in [0.15, 0.2) is 12.2 Å². The molecule has 0 unspecified atom stereocenters. The van der Waals surface area contributed by atoms with Crippen molar-refractivity contribution in [1.82, 2.24) is 14.3 Å². The van der Waals surface area contributed by atoms with Gasteiger partial charge in [0.25, 0.3) is 23.6 Å². The van der Waals surface area contributed by atoms with Crippen molar-refractivity contribution >= 4 is 39.6 Å². The first-order valence-electron chi connectivity index (χ1n) is 7.15. The third kappa shape index (κ3) is 4.48. The summed E-state index contributed by atoms with van der Waals surface area (Å²) in [5, 5.41) is 0.306. The average molecular weight is 373 g/mol. The third-order valence-electron chi connectivity index (χ3n) is 3.45. The van der Waals surface area contributed by atoms with Crippen LogP contribution >= 0.6 is 0 Å². The minimum absolute atomic E-state index is 0.0892. The molecule has 25 heavy (non-hydrogen) atoms. The first-order chi connectivity index (χ1) is 11.6. The maximum absolute atomic E-state index is 11.8. The third-order valence-corrected chi connectivity index (χ3v) is 4.70. The van der Waals surface area contributed by atoms with Crippen LogP contribution in [0.4, 0.5) is 0 Å². The van der Waals surface area contributed by atoms with Crippen LogP contribution in [0.2, 0.25) is 0 Å². The van der Waals surface area contributed by atoms with E-state index in [1.165, 1.54) is 0 Å². The van der Waals surface area contributed by atoms with Crippen LogP contribution in [0.25, 0.3) is 0 Å². The highest BCUT2D eigenvalue weighted by atomic mass is 32.2. The van der Waals surface area contributed by atoms with E-state index in [2.05, 4.69) is 4.84 Å². The molecular weight excluding hydrogens is 358 g/mol. The Morgan fingerprint density at radius 2 is 1.64 bits per heavy atom. The normalized spacial score (nSPS) is 18.0. The lowest BCUT2D eigenvalue weighted by Crippen LogP contribution is -2.44. The standard InChI is InChI=1S/C13H15N3O8S/c1-25(22,23)14(6-7-15-9(17)2-3-10(15)18)8-13(21)24-16-11(19)4-5-12(16)20/h2-3H,4-8H2,1H3. The Labute approximate surface area is 142 Å². The SMILES string of the molecule is CS(=O)(=O)N(CCN1C(=O)C=CC1=O)CC(=O)ON1C(=O)CCC1=O. The van der Waals surface area contributed by atoms with Gasteiger partial charge in [0.1, 0.15) is 6.54 Å². The summed E-state index contributed by atoms with van der Waals surface area (Å²) in [5.74, 6) is -3.69. The van der Waals surface area contributed by atoms with E-state index >= 15 is 0 Å². The minimum atomic E-state index is -3.87. The highest BCUT2D eigenvalue weighted by molar-refractivity contribution is 7.88. The quantitative estimate of drug-likeness (QED) is 0.457. The van der Waals surface area contributed by atoms with Gasteiger partial charge in [-0.2, -0.15) is 4.31 Å². The molecule has 2 rings (SSSR count). The largest absolute Gasteiger partial charge is 0.348 e. The van der Waals surface area contributed by atoms with Gasteiger partial charge in [-0.25, -0.2) is 13.2 Å². The second-order valence-electron chi connectivity index (χ2n) is 5.30. The fourth-order valence-electron chi connectivity index (χ4n) is 2.16. The summed E-state index contributed by atoms with van der Waals surface area (Å²) in [6.45, 7) is -1.37. The molecule has 2 heterocycles. The summed E-state index contributed by atoms with van der Waals surface area (Å²) in [7, 11) is -3.87. The van der Waals surface area contributed by atoms with E-state index in [0.717, 1.165) is 23.3 Å². The van der Waals surface area contributed by atoms with Crippen molar-refractivity contribution < 1.29 is 37.2 Å². The fraction of sp³-hybridized carbons (Fsp3) is 0.462. The van der Waals surface area contributed by atoms with Crippen LogP contribution in [-0.2, 0) is 38.8 Å². The van der Waals surface area contributed by atoms with Crippen molar-refractivity contribution in [2.24, 2.45) is 0 Å². The number of rotatable bonds is 7. The Hall–Kier alpha value is -2.60. The molecule has 0 atom stereocenters. The number of nitrogens with zero attached hydrogens (tertiary/aromatic N) is 3. The van der Waals surface area contributed by atoms with Gasteiger partial charge < -0.3 is 4.84 Å². The van der Waals surface area contributed by atoms with Gasteiger partial charge in [0, 0.05) is 38.1 Å². The molecular formula is C13H15N3O8S. The Morgan fingerprint density at radius 3 is 2.12 bits per heavy atom. The molecule has 0 aromatic rings. The van der Waals surface area contributed by atoms with Crippen molar-refractivity contribution in [2.75, 3.05) is 25.9 Å². The first kappa shape index (κ1) is 18.7. The Bertz CT molecular complexity index is 738. The molecule has 2 aliphatic heterocycles. The van der Waals surface area contributed by atoms with E-state index in [0.29, 0.717) is 9.37 Å².